The second kappa shape index (κ2) is 5.28. The predicted octanol–water partition coefficient (Wildman–Crippen LogP) is 1.76. The van der Waals surface area contributed by atoms with Crippen LogP contribution >= 0.6 is 11.8 Å². The molecule has 1 N–H and O–H groups in total. The van der Waals surface area contributed by atoms with Gasteiger partial charge in [-0.1, -0.05) is 13.0 Å². The molecular weight excluding hydrogens is 244 g/mol. The van der Waals surface area contributed by atoms with Crippen LogP contribution in [0.5, 0.6) is 0 Å². The van der Waals surface area contributed by atoms with Gasteiger partial charge in [0.1, 0.15) is 5.82 Å². The normalized spacial score (nSPS) is 23.8. The summed E-state index contributed by atoms with van der Waals surface area (Å²) in [6.07, 6.45) is 4.24. The maximum atomic E-state index is 4.25. The van der Waals surface area contributed by atoms with Gasteiger partial charge in [-0.15, -0.1) is 10.2 Å². The molecule has 0 spiro atoms. The van der Waals surface area contributed by atoms with E-state index in [1.807, 2.05) is 24.4 Å². The van der Waals surface area contributed by atoms with Crippen molar-refractivity contribution in [1.82, 2.24) is 19.9 Å². The Balaban J connectivity index is 1.60. The Morgan fingerprint density at radius 2 is 2.39 bits per heavy atom. The van der Waals surface area contributed by atoms with E-state index >= 15 is 0 Å². The molecule has 5 heteroatoms. The van der Waals surface area contributed by atoms with E-state index in [1.165, 1.54) is 12.2 Å². The van der Waals surface area contributed by atoms with E-state index < -0.39 is 0 Å². The first-order valence-electron chi connectivity index (χ1n) is 6.48. The number of nitrogens with zero attached hydrogens (tertiary/aromatic N) is 3. The number of aromatic nitrogens is 3. The maximum Gasteiger partial charge on any atom is 0.160 e. The zero-order valence-electron chi connectivity index (χ0n) is 10.5. The fourth-order valence-electron chi connectivity index (χ4n) is 2.43. The maximum absolute atomic E-state index is 4.25. The van der Waals surface area contributed by atoms with Crippen molar-refractivity contribution < 1.29 is 0 Å². The second-order valence-corrected chi connectivity index (χ2v) is 6.21. The van der Waals surface area contributed by atoms with Crippen molar-refractivity contribution in [3.8, 4) is 0 Å². The first-order valence-corrected chi connectivity index (χ1v) is 7.53. The summed E-state index contributed by atoms with van der Waals surface area (Å²) >= 11 is 2.06. The fourth-order valence-corrected chi connectivity index (χ4v) is 3.66. The van der Waals surface area contributed by atoms with Gasteiger partial charge in [-0.2, -0.15) is 11.8 Å². The minimum atomic E-state index is 0.661. The van der Waals surface area contributed by atoms with Crippen molar-refractivity contribution in [3.63, 3.8) is 0 Å². The van der Waals surface area contributed by atoms with Crippen LogP contribution in [0.15, 0.2) is 24.4 Å². The Kier molecular flexibility index (Phi) is 3.52. The van der Waals surface area contributed by atoms with Crippen LogP contribution in [0.3, 0.4) is 0 Å². The van der Waals surface area contributed by atoms with Gasteiger partial charge in [0.05, 0.1) is 0 Å². The van der Waals surface area contributed by atoms with Gasteiger partial charge in [-0.3, -0.25) is 4.40 Å². The lowest BCUT2D eigenvalue weighted by Crippen LogP contribution is -2.35. The van der Waals surface area contributed by atoms with Gasteiger partial charge in [0.15, 0.2) is 5.65 Å². The largest absolute Gasteiger partial charge is 0.312 e. The third kappa shape index (κ3) is 2.37. The number of thioether (sulfide) groups is 1. The number of fused-ring (bicyclic) bond motifs is 1. The summed E-state index contributed by atoms with van der Waals surface area (Å²) in [5.41, 5.74) is 0.928. The third-order valence-electron chi connectivity index (χ3n) is 3.52. The summed E-state index contributed by atoms with van der Waals surface area (Å²) in [7, 11) is 0. The van der Waals surface area contributed by atoms with Crippen LogP contribution in [0.4, 0.5) is 0 Å². The van der Waals surface area contributed by atoms with Crippen LogP contribution in [0.1, 0.15) is 19.2 Å². The van der Waals surface area contributed by atoms with Gasteiger partial charge in [0.25, 0.3) is 0 Å². The van der Waals surface area contributed by atoms with Crippen LogP contribution in [-0.2, 0) is 6.42 Å². The fraction of sp³-hybridized carbons (Fsp3) is 0.538. The monoisotopic (exact) mass is 262 g/mol. The number of rotatable bonds is 4. The zero-order chi connectivity index (χ0) is 12.4. The van der Waals surface area contributed by atoms with E-state index in [1.54, 1.807) is 0 Å². The van der Waals surface area contributed by atoms with Crippen LogP contribution in [0.25, 0.3) is 5.65 Å². The van der Waals surface area contributed by atoms with Gasteiger partial charge >= 0.3 is 0 Å². The van der Waals surface area contributed by atoms with Crippen molar-refractivity contribution in [3.05, 3.63) is 30.2 Å². The van der Waals surface area contributed by atoms with E-state index in [4.69, 9.17) is 0 Å². The molecule has 1 aliphatic heterocycles. The molecule has 2 unspecified atom stereocenters. The lowest BCUT2D eigenvalue weighted by atomic mass is 10.1. The predicted molar refractivity (Wildman–Crippen MR) is 75.0 cm³/mol. The standard InChI is InChI=1S/C13H18N4S/c1-10-11(6-9-18-10)14-7-5-13-16-15-12-4-2-3-8-17(12)13/h2-4,8,10-11,14H,5-7,9H2,1H3. The molecule has 96 valence electrons. The quantitative estimate of drug-likeness (QED) is 0.911. The van der Waals surface area contributed by atoms with Gasteiger partial charge in [-0.05, 0) is 24.3 Å². The highest BCUT2D eigenvalue weighted by Crippen LogP contribution is 2.25. The van der Waals surface area contributed by atoms with Gasteiger partial charge in [0, 0.05) is 30.5 Å². The summed E-state index contributed by atoms with van der Waals surface area (Å²) in [6.45, 7) is 3.28. The van der Waals surface area contributed by atoms with Crippen LogP contribution < -0.4 is 5.32 Å². The molecule has 0 radical (unpaired) electrons. The van der Waals surface area contributed by atoms with E-state index in [0.29, 0.717) is 6.04 Å². The lowest BCUT2D eigenvalue weighted by Gasteiger charge is -2.15. The van der Waals surface area contributed by atoms with E-state index in [2.05, 4.69) is 38.6 Å². The van der Waals surface area contributed by atoms with Crippen molar-refractivity contribution in [2.75, 3.05) is 12.3 Å². The summed E-state index contributed by atoms with van der Waals surface area (Å²) in [4.78, 5) is 0. The average Bonchev–Trinajstić information content (AvgIpc) is 2.97. The molecule has 0 saturated carbocycles. The Morgan fingerprint density at radius 3 is 3.22 bits per heavy atom. The molecule has 0 bridgehead atoms. The van der Waals surface area contributed by atoms with Crippen LogP contribution in [0, 0.1) is 0 Å². The first kappa shape index (κ1) is 12.0. The van der Waals surface area contributed by atoms with Gasteiger partial charge < -0.3 is 5.32 Å². The Morgan fingerprint density at radius 1 is 1.44 bits per heavy atom. The molecule has 0 amide bonds. The number of pyridine rings is 1. The lowest BCUT2D eigenvalue weighted by molar-refractivity contribution is 0.512. The smallest absolute Gasteiger partial charge is 0.160 e. The van der Waals surface area contributed by atoms with E-state index in [9.17, 15) is 0 Å². The van der Waals surface area contributed by atoms with Crippen LogP contribution in [0.2, 0.25) is 0 Å². The molecule has 2 atom stereocenters. The van der Waals surface area contributed by atoms with Crippen molar-refractivity contribution in [2.24, 2.45) is 0 Å². The molecule has 2 aromatic heterocycles. The highest BCUT2D eigenvalue weighted by molar-refractivity contribution is 8.00. The summed E-state index contributed by atoms with van der Waals surface area (Å²) < 4.78 is 2.06. The summed E-state index contributed by atoms with van der Waals surface area (Å²) in [5, 5.41) is 12.8. The van der Waals surface area contributed by atoms with Crippen molar-refractivity contribution >= 4 is 17.4 Å². The molecule has 18 heavy (non-hydrogen) atoms. The molecule has 0 aromatic carbocycles. The molecule has 1 saturated heterocycles. The van der Waals surface area contributed by atoms with Crippen molar-refractivity contribution in [2.45, 2.75) is 31.1 Å². The molecule has 3 rings (SSSR count). The molecule has 0 aliphatic carbocycles. The van der Waals surface area contributed by atoms with Crippen molar-refractivity contribution in [1.29, 1.82) is 0 Å². The zero-order valence-corrected chi connectivity index (χ0v) is 11.4. The van der Waals surface area contributed by atoms with E-state index in [-0.39, 0.29) is 0 Å². The number of nitrogens with one attached hydrogen (secondary N) is 1. The summed E-state index contributed by atoms with van der Waals surface area (Å²) in [6, 6.07) is 6.65. The van der Waals surface area contributed by atoms with Gasteiger partial charge in [0.2, 0.25) is 0 Å². The minimum absolute atomic E-state index is 0.661. The molecule has 1 aliphatic rings. The second-order valence-electron chi connectivity index (χ2n) is 4.72. The number of hydrogen-bond acceptors (Lipinski definition) is 4. The molecular formula is C13H18N4S. The Labute approximate surface area is 111 Å². The summed E-state index contributed by atoms with van der Waals surface area (Å²) in [5.74, 6) is 2.32. The average molecular weight is 262 g/mol. The SMILES string of the molecule is CC1SCCC1NCCc1nnc2ccccn12. The Hall–Kier alpha value is -1.07. The highest BCUT2D eigenvalue weighted by atomic mass is 32.2. The molecule has 3 heterocycles. The molecule has 4 nitrogen and oxygen atoms in total. The number of hydrogen-bond donors (Lipinski definition) is 1. The molecule has 2 aromatic rings. The topological polar surface area (TPSA) is 42.2 Å². The highest BCUT2D eigenvalue weighted by Gasteiger charge is 2.22. The minimum Gasteiger partial charge on any atom is -0.312 e. The third-order valence-corrected chi connectivity index (χ3v) is 4.84. The van der Waals surface area contributed by atoms with Gasteiger partial charge in [-0.25, -0.2) is 0 Å². The van der Waals surface area contributed by atoms with E-state index in [0.717, 1.165) is 29.7 Å². The van der Waals surface area contributed by atoms with Crippen LogP contribution in [-0.4, -0.2) is 38.2 Å². The Bertz CT molecular complexity index is 524. The first-order chi connectivity index (χ1) is 8.84. The molecule has 1 fully saturated rings.